The minimum absolute atomic E-state index is 0.300. The maximum atomic E-state index is 14.3. The Morgan fingerprint density at radius 3 is 2.49 bits per heavy atom. The third kappa shape index (κ3) is 6.39. The molecule has 0 radical (unpaired) electrons. The number of hydrogen-bond acceptors (Lipinski definition) is 8. The quantitative estimate of drug-likeness (QED) is 0.271. The molecule has 0 saturated carbocycles. The van der Waals surface area contributed by atoms with Crippen LogP contribution < -0.4 is 4.90 Å². The number of aromatic nitrogens is 3. The maximum absolute atomic E-state index is 14.3. The summed E-state index contributed by atoms with van der Waals surface area (Å²) in [7, 11) is 0. The van der Waals surface area contributed by atoms with Crippen LogP contribution in [0, 0.1) is 5.82 Å². The number of anilines is 2. The molecule has 0 atom stereocenters. The van der Waals surface area contributed by atoms with Crippen LogP contribution in [0.15, 0.2) is 66.9 Å². The molecule has 8 nitrogen and oxygen atoms in total. The van der Waals surface area contributed by atoms with Gasteiger partial charge in [-0.25, -0.2) is 24.1 Å². The van der Waals surface area contributed by atoms with Crippen LogP contribution >= 0.6 is 11.3 Å². The standard InChI is InChI=1S/C31H34FN5O3S/c1-5-37(23-12-7-6-8-13-23)28-33-17-14-24(34-28)26-25(21-10-9-11-22(32)20-21)35-27(41-26)31(39)15-18-36(19-16-31)29(38)40-30(2,3)4/h6-14,17,20,39H,5,15-16,18-19H2,1-4H3. The van der Waals surface area contributed by atoms with Crippen LogP contribution in [0.3, 0.4) is 0 Å². The number of para-hydroxylation sites is 1. The lowest BCUT2D eigenvalue weighted by Crippen LogP contribution is -2.46. The first-order valence-corrected chi connectivity index (χ1v) is 14.5. The molecule has 214 valence electrons. The molecule has 1 aliphatic rings. The molecule has 4 aromatic rings. The second-order valence-corrected chi connectivity index (χ2v) is 12.0. The first kappa shape index (κ1) is 28.6. The number of carbonyl (C=O) groups excluding carboxylic acids is 1. The fraction of sp³-hybridized carbons (Fsp3) is 0.355. The van der Waals surface area contributed by atoms with Gasteiger partial charge < -0.3 is 19.6 Å². The van der Waals surface area contributed by atoms with Gasteiger partial charge in [0.15, 0.2) is 0 Å². The number of likely N-dealkylation sites (tertiary alicyclic amines) is 1. The van der Waals surface area contributed by atoms with E-state index in [1.165, 1.54) is 23.5 Å². The molecule has 1 amide bonds. The molecule has 5 rings (SSSR count). The summed E-state index contributed by atoms with van der Waals surface area (Å²) < 4.78 is 19.8. The van der Waals surface area contributed by atoms with Gasteiger partial charge in [0.05, 0.1) is 16.3 Å². The van der Waals surface area contributed by atoms with Gasteiger partial charge in [-0.2, -0.15) is 0 Å². The predicted octanol–water partition coefficient (Wildman–Crippen LogP) is 6.78. The van der Waals surface area contributed by atoms with Crippen molar-refractivity contribution in [2.45, 2.75) is 51.7 Å². The summed E-state index contributed by atoms with van der Waals surface area (Å²) in [6, 6.07) is 18.0. The first-order chi connectivity index (χ1) is 19.6. The molecule has 1 saturated heterocycles. The summed E-state index contributed by atoms with van der Waals surface area (Å²) >= 11 is 1.34. The van der Waals surface area contributed by atoms with Crippen molar-refractivity contribution in [3.8, 4) is 21.8 Å². The molecule has 1 fully saturated rings. The molecular formula is C31H34FN5O3S. The number of thiazole rings is 1. The molecule has 0 bridgehead atoms. The summed E-state index contributed by atoms with van der Waals surface area (Å²) in [5, 5.41) is 12.3. The van der Waals surface area contributed by atoms with Crippen molar-refractivity contribution in [1.82, 2.24) is 19.9 Å². The fourth-order valence-corrected chi connectivity index (χ4v) is 5.98. The first-order valence-electron chi connectivity index (χ1n) is 13.7. The number of aliphatic hydroxyl groups is 1. The Labute approximate surface area is 243 Å². The highest BCUT2D eigenvalue weighted by Gasteiger charge is 2.40. The second-order valence-electron chi connectivity index (χ2n) is 11.0. The highest BCUT2D eigenvalue weighted by molar-refractivity contribution is 7.15. The Morgan fingerprint density at radius 2 is 1.83 bits per heavy atom. The maximum Gasteiger partial charge on any atom is 0.410 e. The zero-order chi connectivity index (χ0) is 29.2. The summed E-state index contributed by atoms with van der Waals surface area (Å²) in [6.45, 7) is 8.83. The predicted molar refractivity (Wildman–Crippen MR) is 159 cm³/mol. The van der Waals surface area contributed by atoms with E-state index in [-0.39, 0.29) is 5.82 Å². The van der Waals surface area contributed by atoms with E-state index >= 15 is 0 Å². The van der Waals surface area contributed by atoms with Crippen LogP contribution in [0.4, 0.5) is 20.8 Å². The normalized spacial score (nSPS) is 15.0. The molecule has 2 aromatic carbocycles. The minimum Gasteiger partial charge on any atom is -0.444 e. The molecule has 1 N–H and O–H groups in total. The van der Waals surface area contributed by atoms with E-state index in [0.29, 0.717) is 65.3 Å². The van der Waals surface area contributed by atoms with E-state index < -0.39 is 17.3 Å². The number of amides is 1. The SMILES string of the molecule is CCN(c1ccccc1)c1nccc(-c2sc(C3(O)CCN(C(=O)OC(C)(C)C)CC3)nc2-c2cccc(F)c2)n1. The number of carbonyl (C=O) groups is 1. The highest BCUT2D eigenvalue weighted by Crippen LogP contribution is 2.43. The number of hydrogen-bond donors (Lipinski definition) is 1. The van der Waals surface area contributed by atoms with Crippen LogP contribution in [0.2, 0.25) is 0 Å². The average Bonchev–Trinajstić information content (AvgIpc) is 3.41. The van der Waals surface area contributed by atoms with E-state index in [0.717, 1.165) is 5.69 Å². The van der Waals surface area contributed by atoms with Crippen molar-refractivity contribution < 1.29 is 19.0 Å². The average molecular weight is 576 g/mol. The number of piperidine rings is 1. The largest absolute Gasteiger partial charge is 0.444 e. The van der Waals surface area contributed by atoms with Gasteiger partial charge in [0.2, 0.25) is 5.95 Å². The van der Waals surface area contributed by atoms with Gasteiger partial charge in [0.1, 0.15) is 22.0 Å². The number of nitrogens with zero attached hydrogens (tertiary/aromatic N) is 5. The Morgan fingerprint density at radius 1 is 1.10 bits per heavy atom. The molecule has 10 heteroatoms. The van der Waals surface area contributed by atoms with Crippen LogP contribution in [-0.2, 0) is 10.3 Å². The van der Waals surface area contributed by atoms with Crippen LogP contribution in [0.25, 0.3) is 21.8 Å². The third-order valence-corrected chi connectivity index (χ3v) is 8.14. The van der Waals surface area contributed by atoms with E-state index in [1.807, 2.05) is 62.9 Å². The molecule has 2 aromatic heterocycles. The van der Waals surface area contributed by atoms with Crippen molar-refractivity contribution in [2.24, 2.45) is 0 Å². The molecule has 3 heterocycles. The number of rotatable bonds is 6. The van der Waals surface area contributed by atoms with E-state index in [1.54, 1.807) is 29.3 Å². The number of ether oxygens (including phenoxy) is 1. The molecule has 0 aliphatic carbocycles. The number of halogens is 1. The summed E-state index contributed by atoms with van der Waals surface area (Å²) in [5.41, 5.74) is 0.876. The Balaban J connectivity index is 1.50. The summed E-state index contributed by atoms with van der Waals surface area (Å²) in [6.07, 6.45) is 1.90. The lowest BCUT2D eigenvalue weighted by atomic mass is 9.92. The summed E-state index contributed by atoms with van der Waals surface area (Å²) in [4.78, 5) is 31.2. The monoisotopic (exact) mass is 575 g/mol. The van der Waals surface area contributed by atoms with Gasteiger partial charge in [0.25, 0.3) is 0 Å². The topological polar surface area (TPSA) is 91.7 Å². The molecule has 41 heavy (non-hydrogen) atoms. The zero-order valence-corrected chi connectivity index (χ0v) is 24.5. The molecule has 1 aliphatic heterocycles. The van der Waals surface area contributed by atoms with E-state index in [2.05, 4.69) is 4.98 Å². The lowest BCUT2D eigenvalue weighted by Gasteiger charge is -2.37. The van der Waals surface area contributed by atoms with Crippen LogP contribution in [0.1, 0.15) is 45.5 Å². The minimum atomic E-state index is -1.25. The van der Waals surface area contributed by atoms with Crippen molar-refractivity contribution in [3.63, 3.8) is 0 Å². The molecule has 0 unspecified atom stereocenters. The lowest BCUT2D eigenvalue weighted by molar-refractivity contribution is -0.0356. The van der Waals surface area contributed by atoms with E-state index in [4.69, 9.17) is 14.7 Å². The zero-order valence-electron chi connectivity index (χ0n) is 23.7. The Bertz CT molecular complexity index is 1510. The van der Waals surface area contributed by atoms with Gasteiger partial charge in [0, 0.05) is 49.9 Å². The van der Waals surface area contributed by atoms with Crippen LogP contribution in [0.5, 0.6) is 0 Å². The van der Waals surface area contributed by atoms with Gasteiger partial charge in [-0.3, -0.25) is 0 Å². The van der Waals surface area contributed by atoms with Crippen molar-refractivity contribution in [2.75, 3.05) is 24.5 Å². The van der Waals surface area contributed by atoms with Crippen molar-refractivity contribution in [1.29, 1.82) is 0 Å². The third-order valence-electron chi connectivity index (χ3n) is 6.87. The smallest absolute Gasteiger partial charge is 0.410 e. The van der Waals surface area contributed by atoms with Gasteiger partial charge >= 0.3 is 6.09 Å². The molecule has 0 spiro atoms. The Kier molecular flexibility index (Phi) is 8.06. The van der Waals surface area contributed by atoms with Crippen LogP contribution in [-0.4, -0.2) is 56.3 Å². The molecular weight excluding hydrogens is 541 g/mol. The van der Waals surface area contributed by atoms with Crippen molar-refractivity contribution >= 4 is 29.1 Å². The fourth-order valence-electron chi connectivity index (χ4n) is 4.78. The van der Waals surface area contributed by atoms with Gasteiger partial charge in [-0.1, -0.05) is 30.3 Å². The second kappa shape index (κ2) is 11.5. The Hall–Kier alpha value is -3.89. The summed E-state index contributed by atoms with van der Waals surface area (Å²) in [5.74, 6) is 0.151. The van der Waals surface area contributed by atoms with E-state index in [9.17, 15) is 14.3 Å². The van der Waals surface area contributed by atoms with Crippen molar-refractivity contribution in [3.05, 3.63) is 77.7 Å². The van der Waals surface area contributed by atoms with Gasteiger partial charge in [-0.15, -0.1) is 11.3 Å². The highest BCUT2D eigenvalue weighted by atomic mass is 32.1. The van der Waals surface area contributed by atoms with Gasteiger partial charge in [-0.05, 0) is 58.0 Å². The number of benzene rings is 2.